The Morgan fingerprint density at radius 1 is 1.50 bits per heavy atom. The quantitative estimate of drug-likeness (QED) is 0.802. The van der Waals surface area contributed by atoms with Gasteiger partial charge in [0.25, 0.3) is 0 Å². The van der Waals surface area contributed by atoms with Crippen molar-refractivity contribution in [1.29, 1.82) is 0 Å². The van der Waals surface area contributed by atoms with Gasteiger partial charge in [0.05, 0.1) is 10.2 Å². The number of fused-ring (bicyclic) bond motifs is 1. The van der Waals surface area contributed by atoms with Gasteiger partial charge in [0.15, 0.2) is 5.13 Å². The Morgan fingerprint density at radius 3 is 3.05 bits per heavy atom. The molecule has 5 nitrogen and oxygen atoms in total. The molecule has 0 bridgehead atoms. The predicted octanol–water partition coefficient (Wildman–Crippen LogP) is 2.37. The maximum absolute atomic E-state index is 11.8. The molecule has 2 rings (SSSR count). The number of benzene rings is 1. The molecule has 2 aromatic rings. The maximum Gasteiger partial charge on any atom is 0.226 e. The fourth-order valence-corrected chi connectivity index (χ4v) is 3.40. The minimum Gasteiger partial charge on any atom is -0.399 e. The van der Waals surface area contributed by atoms with E-state index in [1.807, 2.05) is 19.1 Å². The molecule has 1 atom stereocenters. The first-order chi connectivity index (χ1) is 9.58. The minimum absolute atomic E-state index is 0.0925. The van der Waals surface area contributed by atoms with Crippen LogP contribution in [0.4, 0.5) is 10.8 Å². The lowest BCUT2D eigenvalue weighted by atomic mass is 10.3. The lowest BCUT2D eigenvalue weighted by molar-refractivity contribution is -0.116. The third-order valence-corrected chi connectivity index (χ3v) is 5.08. The first-order valence-corrected chi connectivity index (χ1v) is 8.70. The molecule has 1 unspecified atom stereocenters. The Balaban J connectivity index is 1.91. The van der Waals surface area contributed by atoms with Crippen molar-refractivity contribution >= 4 is 49.1 Å². The molecule has 20 heavy (non-hydrogen) atoms. The number of amides is 1. The van der Waals surface area contributed by atoms with E-state index in [-0.39, 0.29) is 5.91 Å². The topological polar surface area (TPSA) is 85.1 Å². The van der Waals surface area contributed by atoms with Crippen LogP contribution in [0.3, 0.4) is 0 Å². The van der Waals surface area contributed by atoms with Gasteiger partial charge in [0.2, 0.25) is 5.91 Å². The maximum atomic E-state index is 11.8. The van der Waals surface area contributed by atoms with E-state index in [1.165, 1.54) is 11.3 Å². The summed E-state index contributed by atoms with van der Waals surface area (Å²) in [5, 5.41) is 3.35. The Hall–Kier alpha value is -1.47. The van der Waals surface area contributed by atoms with Gasteiger partial charge >= 0.3 is 0 Å². The summed E-state index contributed by atoms with van der Waals surface area (Å²) >= 11 is 1.40. The molecule has 0 aliphatic rings. The summed E-state index contributed by atoms with van der Waals surface area (Å²) in [4.78, 5) is 16.1. The highest BCUT2D eigenvalue weighted by molar-refractivity contribution is 7.84. The fraction of sp³-hybridized carbons (Fsp3) is 0.385. The zero-order chi connectivity index (χ0) is 14.5. The van der Waals surface area contributed by atoms with Crippen LogP contribution < -0.4 is 11.1 Å². The zero-order valence-electron chi connectivity index (χ0n) is 11.2. The molecular formula is C13H17N3O2S2. The van der Waals surface area contributed by atoms with E-state index in [1.54, 1.807) is 6.07 Å². The van der Waals surface area contributed by atoms with Crippen molar-refractivity contribution in [3.8, 4) is 0 Å². The molecule has 3 N–H and O–H groups in total. The number of hydrogen-bond donors (Lipinski definition) is 2. The van der Waals surface area contributed by atoms with Crippen LogP contribution in [-0.2, 0) is 15.6 Å². The summed E-state index contributed by atoms with van der Waals surface area (Å²) in [6.45, 7) is 1.88. The largest absolute Gasteiger partial charge is 0.399 e. The average Bonchev–Trinajstić information content (AvgIpc) is 2.79. The summed E-state index contributed by atoms with van der Waals surface area (Å²) in [5.41, 5.74) is 7.21. The van der Waals surface area contributed by atoms with Gasteiger partial charge in [0.1, 0.15) is 0 Å². The van der Waals surface area contributed by atoms with E-state index in [9.17, 15) is 9.00 Å². The van der Waals surface area contributed by atoms with Crippen molar-refractivity contribution in [3.05, 3.63) is 18.2 Å². The number of nitrogens with zero attached hydrogens (tertiary/aromatic N) is 1. The number of aromatic nitrogens is 1. The summed E-state index contributed by atoms with van der Waals surface area (Å²) in [6.07, 6.45) is 0.994. The molecule has 0 aliphatic carbocycles. The van der Waals surface area contributed by atoms with Crippen LogP contribution in [0.5, 0.6) is 0 Å². The van der Waals surface area contributed by atoms with Crippen molar-refractivity contribution < 1.29 is 9.00 Å². The number of nitrogen functional groups attached to an aromatic ring is 1. The monoisotopic (exact) mass is 311 g/mol. The molecule has 7 heteroatoms. The van der Waals surface area contributed by atoms with Gasteiger partial charge in [-0.25, -0.2) is 4.98 Å². The third-order valence-electron chi connectivity index (χ3n) is 2.76. The van der Waals surface area contributed by atoms with Crippen LogP contribution in [-0.4, -0.2) is 26.6 Å². The minimum atomic E-state index is -0.812. The van der Waals surface area contributed by atoms with Crippen molar-refractivity contribution in [2.75, 3.05) is 22.6 Å². The standard InChI is InChI=1S/C13H17N3O2S2/c1-2-20(18)7-3-4-12(17)16-13-15-10-6-5-9(14)8-11(10)19-13/h5-6,8H,2-4,7,14H2,1H3,(H,15,16,17). The Morgan fingerprint density at radius 2 is 2.30 bits per heavy atom. The highest BCUT2D eigenvalue weighted by Crippen LogP contribution is 2.27. The van der Waals surface area contributed by atoms with E-state index in [4.69, 9.17) is 5.73 Å². The van der Waals surface area contributed by atoms with Gasteiger partial charge in [-0.05, 0) is 24.6 Å². The highest BCUT2D eigenvalue weighted by Gasteiger charge is 2.08. The molecule has 0 saturated carbocycles. The summed E-state index contributed by atoms with van der Waals surface area (Å²) < 4.78 is 12.2. The van der Waals surface area contributed by atoms with E-state index >= 15 is 0 Å². The lowest BCUT2D eigenvalue weighted by Crippen LogP contribution is -2.12. The van der Waals surface area contributed by atoms with Crippen LogP contribution in [0.25, 0.3) is 10.2 Å². The van der Waals surface area contributed by atoms with E-state index in [0.717, 1.165) is 10.2 Å². The van der Waals surface area contributed by atoms with E-state index < -0.39 is 10.8 Å². The Kier molecular flexibility index (Phi) is 5.08. The molecule has 0 fully saturated rings. The number of carbonyl (C=O) groups excluding carboxylic acids is 1. The third kappa shape index (κ3) is 4.01. The number of hydrogen-bond acceptors (Lipinski definition) is 5. The number of carbonyl (C=O) groups is 1. The van der Waals surface area contributed by atoms with Crippen LogP contribution in [0.1, 0.15) is 19.8 Å². The normalized spacial score (nSPS) is 12.4. The summed E-state index contributed by atoms with van der Waals surface area (Å²) in [6, 6.07) is 5.46. The van der Waals surface area contributed by atoms with Crippen LogP contribution in [0.15, 0.2) is 18.2 Å². The molecule has 0 aliphatic heterocycles. The van der Waals surface area contributed by atoms with Crippen molar-refractivity contribution in [2.24, 2.45) is 0 Å². The summed E-state index contributed by atoms with van der Waals surface area (Å²) in [5.74, 6) is 1.12. The second kappa shape index (κ2) is 6.81. The van der Waals surface area contributed by atoms with Crippen molar-refractivity contribution in [2.45, 2.75) is 19.8 Å². The van der Waals surface area contributed by atoms with E-state index in [2.05, 4.69) is 10.3 Å². The molecule has 1 aromatic carbocycles. The molecule has 0 radical (unpaired) electrons. The summed E-state index contributed by atoms with van der Waals surface area (Å²) in [7, 11) is -0.812. The number of thiazole rings is 1. The van der Waals surface area contributed by atoms with Crippen LogP contribution in [0.2, 0.25) is 0 Å². The molecule has 1 heterocycles. The molecular weight excluding hydrogens is 294 g/mol. The van der Waals surface area contributed by atoms with Crippen LogP contribution >= 0.6 is 11.3 Å². The SMILES string of the molecule is CCS(=O)CCCC(=O)Nc1nc2ccc(N)cc2s1. The second-order valence-electron chi connectivity index (χ2n) is 4.33. The first-order valence-electron chi connectivity index (χ1n) is 6.39. The van der Waals surface area contributed by atoms with Crippen LogP contribution in [0, 0.1) is 0 Å². The highest BCUT2D eigenvalue weighted by atomic mass is 32.2. The molecule has 0 saturated heterocycles. The molecule has 108 valence electrons. The van der Waals surface area contributed by atoms with Gasteiger partial charge < -0.3 is 11.1 Å². The Bertz CT molecular complexity index is 640. The van der Waals surface area contributed by atoms with Crippen molar-refractivity contribution in [3.63, 3.8) is 0 Å². The van der Waals surface area contributed by atoms with Gasteiger partial charge in [-0.3, -0.25) is 9.00 Å². The lowest BCUT2D eigenvalue weighted by Gasteiger charge is -2.01. The molecule has 0 spiro atoms. The number of nitrogens with two attached hydrogens (primary N) is 1. The number of anilines is 2. The molecule has 1 amide bonds. The van der Waals surface area contributed by atoms with E-state index in [0.29, 0.717) is 35.2 Å². The number of nitrogens with one attached hydrogen (secondary N) is 1. The predicted molar refractivity (Wildman–Crippen MR) is 85.4 cm³/mol. The van der Waals surface area contributed by atoms with Gasteiger partial charge in [0, 0.05) is 34.4 Å². The zero-order valence-corrected chi connectivity index (χ0v) is 12.9. The smallest absolute Gasteiger partial charge is 0.226 e. The van der Waals surface area contributed by atoms with Gasteiger partial charge in [-0.2, -0.15) is 0 Å². The van der Waals surface area contributed by atoms with Crippen molar-refractivity contribution in [1.82, 2.24) is 4.98 Å². The Labute approximate surface area is 124 Å². The first kappa shape index (κ1) is 14.9. The second-order valence-corrected chi connectivity index (χ2v) is 7.23. The number of rotatable bonds is 6. The fourth-order valence-electron chi connectivity index (χ4n) is 1.71. The van der Waals surface area contributed by atoms with Gasteiger partial charge in [-0.15, -0.1) is 0 Å². The average molecular weight is 311 g/mol. The molecule has 1 aromatic heterocycles. The van der Waals surface area contributed by atoms with Gasteiger partial charge in [-0.1, -0.05) is 18.3 Å².